The normalized spacial score (nSPS) is 10.2. The summed E-state index contributed by atoms with van der Waals surface area (Å²) >= 11 is 0. The topological polar surface area (TPSA) is 99.5 Å². The van der Waals surface area contributed by atoms with Crippen LogP contribution in [0.2, 0.25) is 0 Å². The number of ether oxygens (including phenoxy) is 2. The van der Waals surface area contributed by atoms with E-state index >= 15 is 0 Å². The first kappa shape index (κ1) is 19.8. The van der Waals surface area contributed by atoms with E-state index in [1.807, 2.05) is 30.3 Å². The standard InChI is InChI=1S/C21H19N3O5/c1-28-21(27)15-6-5-7-16(14-15)22-20(26)18-10-11-19(25)24(23-18)12-13-29-17-8-3-2-4-9-17/h2-11,14H,12-13H2,1H3,(H,22,26). The Balaban J connectivity index is 1.67. The minimum atomic E-state index is -0.509. The van der Waals surface area contributed by atoms with Crippen LogP contribution in [0.15, 0.2) is 71.5 Å². The number of nitrogens with zero attached hydrogens (tertiary/aromatic N) is 2. The van der Waals surface area contributed by atoms with Crippen LogP contribution in [0.1, 0.15) is 20.8 Å². The summed E-state index contributed by atoms with van der Waals surface area (Å²) in [5.41, 5.74) is 0.435. The summed E-state index contributed by atoms with van der Waals surface area (Å²) in [5, 5.41) is 6.74. The summed E-state index contributed by atoms with van der Waals surface area (Å²) in [5.74, 6) is -0.337. The lowest BCUT2D eigenvalue weighted by Gasteiger charge is -2.09. The van der Waals surface area contributed by atoms with Crippen molar-refractivity contribution in [3.63, 3.8) is 0 Å². The number of anilines is 1. The van der Waals surface area contributed by atoms with Gasteiger partial charge < -0.3 is 14.8 Å². The molecule has 1 aromatic heterocycles. The van der Waals surface area contributed by atoms with Crippen LogP contribution in [0.25, 0.3) is 0 Å². The summed E-state index contributed by atoms with van der Waals surface area (Å²) in [4.78, 5) is 36.1. The highest BCUT2D eigenvalue weighted by atomic mass is 16.5. The van der Waals surface area contributed by atoms with Crippen molar-refractivity contribution in [3.05, 3.63) is 88.3 Å². The van der Waals surface area contributed by atoms with Gasteiger partial charge in [-0.25, -0.2) is 9.48 Å². The zero-order valence-corrected chi connectivity index (χ0v) is 15.7. The zero-order valence-electron chi connectivity index (χ0n) is 15.7. The van der Waals surface area contributed by atoms with E-state index in [2.05, 4.69) is 15.2 Å². The Kier molecular flexibility index (Phi) is 6.36. The minimum Gasteiger partial charge on any atom is -0.492 e. The average molecular weight is 393 g/mol. The first-order chi connectivity index (χ1) is 14.1. The fourth-order valence-electron chi connectivity index (χ4n) is 2.53. The van der Waals surface area contributed by atoms with Gasteiger partial charge in [0.25, 0.3) is 11.5 Å². The predicted molar refractivity (Wildman–Crippen MR) is 106 cm³/mol. The molecule has 1 amide bonds. The van der Waals surface area contributed by atoms with Crippen LogP contribution >= 0.6 is 0 Å². The fourth-order valence-corrected chi connectivity index (χ4v) is 2.53. The van der Waals surface area contributed by atoms with E-state index in [-0.39, 0.29) is 24.4 Å². The second kappa shape index (κ2) is 9.32. The van der Waals surface area contributed by atoms with Crippen molar-refractivity contribution < 1.29 is 19.1 Å². The molecule has 0 spiro atoms. The molecule has 0 saturated carbocycles. The van der Waals surface area contributed by atoms with Gasteiger partial charge in [0, 0.05) is 11.8 Å². The Labute approximate surface area is 166 Å². The van der Waals surface area contributed by atoms with Crippen LogP contribution in [0, 0.1) is 0 Å². The van der Waals surface area contributed by atoms with Gasteiger partial charge in [0.1, 0.15) is 18.1 Å². The Hall–Kier alpha value is -3.94. The molecule has 8 nitrogen and oxygen atoms in total. The van der Waals surface area contributed by atoms with E-state index in [0.717, 1.165) is 0 Å². The summed E-state index contributed by atoms with van der Waals surface area (Å²) < 4.78 is 11.4. The number of esters is 1. The number of carbonyl (C=O) groups excluding carboxylic acids is 2. The molecule has 0 aliphatic carbocycles. The zero-order chi connectivity index (χ0) is 20.6. The van der Waals surface area contributed by atoms with E-state index in [1.54, 1.807) is 18.2 Å². The molecule has 0 fully saturated rings. The van der Waals surface area contributed by atoms with Gasteiger partial charge >= 0.3 is 5.97 Å². The summed E-state index contributed by atoms with van der Waals surface area (Å²) in [6.45, 7) is 0.413. The van der Waals surface area contributed by atoms with Gasteiger partial charge in [0.15, 0.2) is 0 Å². The summed E-state index contributed by atoms with van der Waals surface area (Å²) in [7, 11) is 1.28. The number of nitrogens with one attached hydrogen (secondary N) is 1. The molecule has 2 aromatic carbocycles. The smallest absolute Gasteiger partial charge is 0.337 e. The number of hydrogen-bond donors (Lipinski definition) is 1. The number of benzene rings is 2. The molecule has 148 valence electrons. The quantitative estimate of drug-likeness (QED) is 0.619. The van der Waals surface area contributed by atoms with Crippen LogP contribution in [0.5, 0.6) is 5.75 Å². The number of aromatic nitrogens is 2. The van der Waals surface area contributed by atoms with Gasteiger partial charge in [-0.15, -0.1) is 0 Å². The van der Waals surface area contributed by atoms with Crippen molar-refractivity contribution in [2.75, 3.05) is 19.0 Å². The van der Waals surface area contributed by atoms with E-state index < -0.39 is 11.9 Å². The molecule has 0 atom stereocenters. The van der Waals surface area contributed by atoms with Gasteiger partial charge in [-0.1, -0.05) is 24.3 Å². The fraction of sp³-hybridized carbons (Fsp3) is 0.143. The minimum absolute atomic E-state index is 0.0628. The van der Waals surface area contributed by atoms with E-state index in [1.165, 1.54) is 30.0 Å². The number of rotatable bonds is 7. The number of amides is 1. The first-order valence-electron chi connectivity index (χ1n) is 8.82. The van der Waals surface area contributed by atoms with Crippen molar-refractivity contribution in [2.24, 2.45) is 0 Å². The summed E-state index contributed by atoms with van der Waals surface area (Å²) in [6, 6.07) is 18.1. The molecular weight excluding hydrogens is 374 g/mol. The van der Waals surface area contributed by atoms with Crippen LogP contribution < -0.4 is 15.6 Å². The third-order valence-corrected chi connectivity index (χ3v) is 3.96. The highest BCUT2D eigenvalue weighted by molar-refractivity contribution is 6.03. The Morgan fingerprint density at radius 3 is 2.59 bits per heavy atom. The van der Waals surface area contributed by atoms with Gasteiger partial charge in [0.2, 0.25) is 0 Å². The van der Waals surface area contributed by atoms with Crippen LogP contribution in [0.3, 0.4) is 0 Å². The third-order valence-electron chi connectivity index (χ3n) is 3.96. The lowest BCUT2D eigenvalue weighted by molar-refractivity contribution is 0.0600. The van der Waals surface area contributed by atoms with Crippen LogP contribution in [0.4, 0.5) is 5.69 Å². The predicted octanol–water partition coefficient (Wildman–Crippen LogP) is 2.36. The second-order valence-corrected chi connectivity index (χ2v) is 5.97. The molecule has 29 heavy (non-hydrogen) atoms. The number of carbonyl (C=O) groups is 2. The van der Waals surface area contributed by atoms with E-state index in [0.29, 0.717) is 17.0 Å². The maximum atomic E-state index is 12.5. The maximum absolute atomic E-state index is 12.5. The van der Waals surface area contributed by atoms with Crippen LogP contribution in [-0.2, 0) is 11.3 Å². The van der Waals surface area contributed by atoms with E-state index in [4.69, 9.17) is 4.74 Å². The molecule has 1 N–H and O–H groups in total. The molecule has 3 rings (SSSR count). The van der Waals surface area contributed by atoms with Gasteiger partial charge in [-0.2, -0.15) is 5.10 Å². The maximum Gasteiger partial charge on any atom is 0.337 e. The summed E-state index contributed by atoms with van der Waals surface area (Å²) in [6.07, 6.45) is 0. The van der Waals surface area contributed by atoms with Crippen molar-refractivity contribution in [2.45, 2.75) is 6.54 Å². The van der Waals surface area contributed by atoms with Gasteiger partial charge in [-0.05, 0) is 36.4 Å². The number of para-hydroxylation sites is 1. The van der Waals surface area contributed by atoms with Crippen molar-refractivity contribution in [1.29, 1.82) is 0 Å². The highest BCUT2D eigenvalue weighted by Gasteiger charge is 2.12. The Bertz CT molecular complexity index is 1060. The molecule has 0 unspecified atom stereocenters. The monoisotopic (exact) mass is 393 g/mol. The van der Waals surface area contributed by atoms with Gasteiger partial charge in [-0.3, -0.25) is 9.59 Å². The number of methoxy groups -OCH3 is 1. The third kappa shape index (κ3) is 5.29. The molecule has 1 heterocycles. The van der Waals surface area contributed by atoms with E-state index in [9.17, 15) is 14.4 Å². The molecule has 0 bridgehead atoms. The molecule has 0 saturated heterocycles. The SMILES string of the molecule is COC(=O)c1cccc(NC(=O)c2ccc(=O)n(CCOc3ccccc3)n2)c1. The Morgan fingerprint density at radius 1 is 1.03 bits per heavy atom. The van der Waals surface area contributed by atoms with Crippen molar-refractivity contribution in [1.82, 2.24) is 9.78 Å². The van der Waals surface area contributed by atoms with Crippen molar-refractivity contribution in [3.8, 4) is 5.75 Å². The average Bonchev–Trinajstić information content (AvgIpc) is 2.75. The first-order valence-corrected chi connectivity index (χ1v) is 8.82. The molecule has 0 aliphatic rings. The van der Waals surface area contributed by atoms with Crippen molar-refractivity contribution >= 4 is 17.6 Å². The second-order valence-electron chi connectivity index (χ2n) is 5.97. The number of hydrogen-bond acceptors (Lipinski definition) is 6. The van der Waals surface area contributed by atoms with Crippen LogP contribution in [-0.4, -0.2) is 35.4 Å². The lowest BCUT2D eigenvalue weighted by Crippen LogP contribution is -2.28. The highest BCUT2D eigenvalue weighted by Crippen LogP contribution is 2.12. The molecule has 8 heteroatoms. The molecular formula is C21H19N3O5. The lowest BCUT2D eigenvalue weighted by atomic mass is 10.2. The molecule has 0 radical (unpaired) electrons. The molecule has 3 aromatic rings. The van der Waals surface area contributed by atoms with Gasteiger partial charge in [0.05, 0.1) is 19.2 Å². The largest absolute Gasteiger partial charge is 0.492 e. The molecule has 0 aliphatic heterocycles. The Morgan fingerprint density at radius 2 is 1.83 bits per heavy atom.